The van der Waals surface area contributed by atoms with Crippen LogP contribution in [0.15, 0.2) is 28.7 Å². The molecule has 0 aliphatic carbocycles. The summed E-state index contributed by atoms with van der Waals surface area (Å²) >= 11 is 3.30. The van der Waals surface area contributed by atoms with Crippen molar-refractivity contribution < 1.29 is 23.5 Å². The maximum atomic E-state index is 13.3. The SMILES string of the molecule is C[C@H](c1ccc(Br)cc1)[C@H](NC(=O)O)C(=O)N1CCC(F)(F)C1. The molecule has 1 aromatic rings. The largest absolute Gasteiger partial charge is 0.465 e. The Morgan fingerprint density at radius 1 is 1.35 bits per heavy atom. The summed E-state index contributed by atoms with van der Waals surface area (Å²) in [5, 5.41) is 11.1. The zero-order valence-corrected chi connectivity index (χ0v) is 14.0. The summed E-state index contributed by atoms with van der Waals surface area (Å²) in [6.45, 7) is 0.948. The van der Waals surface area contributed by atoms with Gasteiger partial charge in [-0.2, -0.15) is 0 Å². The first-order chi connectivity index (χ1) is 10.7. The number of amides is 2. The Morgan fingerprint density at radius 2 is 1.96 bits per heavy atom. The van der Waals surface area contributed by atoms with Crippen molar-refractivity contribution in [1.82, 2.24) is 10.2 Å². The van der Waals surface area contributed by atoms with Gasteiger partial charge in [-0.05, 0) is 17.7 Å². The summed E-state index contributed by atoms with van der Waals surface area (Å²) in [4.78, 5) is 24.5. The molecule has 1 aliphatic heterocycles. The van der Waals surface area contributed by atoms with Gasteiger partial charge in [0.1, 0.15) is 6.04 Å². The molecule has 0 aromatic heterocycles. The van der Waals surface area contributed by atoms with Crippen LogP contribution in [0.25, 0.3) is 0 Å². The lowest BCUT2D eigenvalue weighted by molar-refractivity contribution is -0.134. The van der Waals surface area contributed by atoms with Gasteiger partial charge in [-0.3, -0.25) is 4.79 Å². The minimum atomic E-state index is -2.91. The van der Waals surface area contributed by atoms with Gasteiger partial charge in [-0.15, -0.1) is 0 Å². The Kier molecular flexibility index (Phi) is 5.23. The van der Waals surface area contributed by atoms with E-state index in [1.807, 2.05) is 0 Å². The Morgan fingerprint density at radius 3 is 2.43 bits per heavy atom. The van der Waals surface area contributed by atoms with Gasteiger partial charge in [0.2, 0.25) is 5.91 Å². The van der Waals surface area contributed by atoms with Gasteiger partial charge in [0.25, 0.3) is 5.92 Å². The van der Waals surface area contributed by atoms with E-state index >= 15 is 0 Å². The molecule has 126 valence electrons. The van der Waals surface area contributed by atoms with Crippen LogP contribution in [0.3, 0.4) is 0 Å². The number of hydrogen-bond donors (Lipinski definition) is 2. The topological polar surface area (TPSA) is 69.6 Å². The number of rotatable bonds is 4. The van der Waals surface area contributed by atoms with Crippen molar-refractivity contribution in [2.45, 2.75) is 31.2 Å². The van der Waals surface area contributed by atoms with Crippen LogP contribution >= 0.6 is 15.9 Å². The highest BCUT2D eigenvalue weighted by Gasteiger charge is 2.43. The first-order valence-electron chi connectivity index (χ1n) is 7.11. The zero-order chi connectivity index (χ0) is 17.2. The van der Waals surface area contributed by atoms with Crippen molar-refractivity contribution >= 4 is 27.9 Å². The van der Waals surface area contributed by atoms with Crippen molar-refractivity contribution in [2.75, 3.05) is 13.1 Å². The molecular weight excluding hydrogens is 374 g/mol. The summed E-state index contributed by atoms with van der Waals surface area (Å²) in [7, 11) is 0. The summed E-state index contributed by atoms with van der Waals surface area (Å²) in [6.07, 6.45) is -1.76. The van der Waals surface area contributed by atoms with Crippen molar-refractivity contribution in [3.63, 3.8) is 0 Å². The van der Waals surface area contributed by atoms with Crippen LogP contribution in [0.5, 0.6) is 0 Å². The van der Waals surface area contributed by atoms with Crippen LogP contribution < -0.4 is 5.32 Å². The monoisotopic (exact) mass is 390 g/mol. The Bertz CT molecular complexity index is 595. The quantitative estimate of drug-likeness (QED) is 0.829. The lowest BCUT2D eigenvalue weighted by Gasteiger charge is -2.28. The molecule has 2 N–H and O–H groups in total. The number of carbonyl (C=O) groups excluding carboxylic acids is 1. The average Bonchev–Trinajstić information content (AvgIpc) is 2.84. The second-order valence-corrected chi connectivity index (χ2v) is 6.55. The molecule has 1 saturated heterocycles. The van der Waals surface area contributed by atoms with Crippen molar-refractivity contribution in [2.24, 2.45) is 0 Å². The molecule has 5 nitrogen and oxygen atoms in total. The molecule has 1 fully saturated rings. The van der Waals surface area contributed by atoms with Gasteiger partial charge in [-0.1, -0.05) is 35.0 Å². The highest BCUT2D eigenvalue weighted by molar-refractivity contribution is 9.10. The molecule has 0 saturated carbocycles. The first-order valence-corrected chi connectivity index (χ1v) is 7.90. The number of carbonyl (C=O) groups is 2. The molecule has 23 heavy (non-hydrogen) atoms. The highest BCUT2D eigenvalue weighted by atomic mass is 79.9. The van der Waals surface area contributed by atoms with Crippen molar-refractivity contribution in [3.8, 4) is 0 Å². The lowest BCUT2D eigenvalue weighted by Crippen LogP contribution is -2.50. The number of likely N-dealkylation sites (tertiary alicyclic amines) is 1. The maximum Gasteiger partial charge on any atom is 0.405 e. The minimum Gasteiger partial charge on any atom is -0.465 e. The zero-order valence-electron chi connectivity index (χ0n) is 12.4. The molecule has 2 atom stereocenters. The fourth-order valence-corrected chi connectivity index (χ4v) is 2.88. The Balaban J connectivity index is 2.20. The molecule has 1 aromatic carbocycles. The van der Waals surface area contributed by atoms with E-state index in [1.54, 1.807) is 31.2 Å². The van der Waals surface area contributed by atoms with Gasteiger partial charge < -0.3 is 15.3 Å². The van der Waals surface area contributed by atoms with E-state index in [1.165, 1.54) is 0 Å². The predicted molar refractivity (Wildman–Crippen MR) is 83.6 cm³/mol. The van der Waals surface area contributed by atoms with Gasteiger partial charge in [0, 0.05) is 23.4 Å². The molecule has 1 heterocycles. The van der Waals surface area contributed by atoms with E-state index in [4.69, 9.17) is 5.11 Å². The normalized spacial score (nSPS) is 19.2. The smallest absolute Gasteiger partial charge is 0.405 e. The van der Waals surface area contributed by atoms with Crippen molar-refractivity contribution in [3.05, 3.63) is 34.3 Å². The fourth-order valence-electron chi connectivity index (χ4n) is 2.61. The lowest BCUT2D eigenvalue weighted by atomic mass is 9.92. The first kappa shape index (κ1) is 17.7. The van der Waals surface area contributed by atoms with E-state index in [9.17, 15) is 18.4 Å². The van der Waals surface area contributed by atoms with Gasteiger partial charge in [0.15, 0.2) is 0 Å². The fraction of sp³-hybridized carbons (Fsp3) is 0.467. The molecule has 8 heteroatoms. The van der Waals surface area contributed by atoms with E-state index in [-0.39, 0.29) is 6.54 Å². The van der Waals surface area contributed by atoms with Gasteiger partial charge in [-0.25, -0.2) is 13.6 Å². The standard InChI is InChI=1S/C15H17BrF2N2O3/c1-9(10-2-4-11(16)5-3-10)12(19-14(22)23)13(21)20-7-6-15(17,18)8-20/h2-5,9,12,19H,6-8H2,1H3,(H,22,23)/t9-,12+/m1/s1. The van der Waals surface area contributed by atoms with Gasteiger partial charge >= 0.3 is 6.09 Å². The van der Waals surface area contributed by atoms with Crippen LogP contribution in [0.2, 0.25) is 0 Å². The average molecular weight is 391 g/mol. The van der Waals surface area contributed by atoms with Crippen LogP contribution in [0.4, 0.5) is 13.6 Å². The van der Waals surface area contributed by atoms with Gasteiger partial charge in [0.05, 0.1) is 6.54 Å². The van der Waals surface area contributed by atoms with E-state index in [0.29, 0.717) is 0 Å². The Labute approximate surface area is 140 Å². The van der Waals surface area contributed by atoms with Crippen LogP contribution in [0.1, 0.15) is 24.8 Å². The number of benzene rings is 1. The Hall–Kier alpha value is -1.70. The second-order valence-electron chi connectivity index (χ2n) is 5.63. The van der Waals surface area contributed by atoms with Crippen molar-refractivity contribution in [1.29, 1.82) is 0 Å². The molecule has 0 unspecified atom stereocenters. The summed E-state index contributed by atoms with van der Waals surface area (Å²) in [5.74, 6) is -4.02. The number of carboxylic acid groups (broad SMARTS) is 1. The molecule has 1 aliphatic rings. The molecule has 2 amide bonds. The number of nitrogens with zero attached hydrogens (tertiary/aromatic N) is 1. The van der Waals surface area contributed by atoms with E-state index in [2.05, 4.69) is 21.2 Å². The third kappa shape index (κ3) is 4.40. The highest BCUT2D eigenvalue weighted by Crippen LogP contribution is 2.29. The molecular formula is C15H17BrF2N2O3. The van der Waals surface area contributed by atoms with Crippen LogP contribution in [-0.2, 0) is 4.79 Å². The number of hydrogen-bond acceptors (Lipinski definition) is 2. The van der Waals surface area contributed by atoms with E-state index < -0.39 is 42.8 Å². The second kappa shape index (κ2) is 6.82. The molecule has 0 spiro atoms. The summed E-state index contributed by atoms with van der Waals surface area (Å²) in [5.41, 5.74) is 0.742. The third-order valence-corrected chi connectivity index (χ3v) is 4.45. The number of alkyl halides is 2. The van der Waals surface area contributed by atoms with Crippen LogP contribution in [-0.4, -0.2) is 47.1 Å². The summed E-state index contributed by atoms with van der Waals surface area (Å²) in [6, 6.07) is 5.97. The number of halogens is 3. The summed E-state index contributed by atoms with van der Waals surface area (Å²) < 4.78 is 27.5. The third-order valence-electron chi connectivity index (χ3n) is 3.92. The van der Waals surface area contributed by atoms with Crippen LogP contribution in [0, 0.1) is 0 Å². The molecule has 2 rings (SSSR count). The molecule has 0 radical (unpaired) electrons. The minimum absolute atomic E-state index is 0.0727. The maximum absolute atomic E-state index is 13.3. The predicted octanol–water partition coefficient (Wildman–Crippen LogP) is 3.06. The van der Waals surface area contributed by atoms with E-state index in [0.717, 1.165) is 14.9 Å². The molecule has 0 bridgehead atoms. The number of nitrogens with one attached hydrogen (secondary N) is 1.